The van der Waals surface area contributed by atoms with Crippen LogP contribution in [0.15, 0.2) is 36.4 Å². The lowest BCUT2D eigenvalue weighted by atomic mass is 10.1. The first kappa shape index (κ1) is 18.8. The molecule has 1 aromatic heterocycles. The second-order valence-electron chi connectivity index (χ2n) is 6.28. The fourth-order valence-electron chi connectivity index (χ4n) is 3.15. The van der Waals surface area contributed by atoms with E-state index in [9.17, 15) is 14.7 Å². The van der Waals surface area contributed by atoms with Crippen LogP contribution < -0.4 is 0 Å². The second kappa shape index (κ2) is 8.12. The van der Waals surface area contributed by atoms with E-state index in [1.165, 1.54) is 11.3 Å². The maximum Gasteiger partial charge on any atom is 0.254 e. The van der Waals surface area contributed by atoms with Gasteiger partial charge in [0, 0.05) is 23.4 Å². The molecule has 1 amide bonds. The quantitative estimate of drug-likeness (QED) is 0.790. The Hall–Kier alpha value is -2.02. The zero-order valence-electron chi connectivity index (χ0n) is 15.0. The lowest BCUT2D eigenvalue weighted by Crippen LogP contribution is -2.46. The van der Waals surface area contributed by atoms with E-state index >= 15 is 0 Å². The molecule has 138 valence electrons. The van der Waals surface area contributed by atoms with Gasteiger partial charge in [-0.3, -0.25) is 9.59 Å². The number of rotatable bonds is 6. The number of aliphatic hydroxyl groups is 1. The molecule has 3 rings (SSSR count). The summed E-state index contributed by atoms with van der Waals surface area (Å²) in [4.78, 5) is 28.2. The van der Waals surface area contributed by atoms with Crippen molar-refractivity contribution in [3.63, 3.8) is 0 Å². The summed E-state index contributed by atoms with van der Waals surface area (Å²) in [6, 6.07) is 10.9. The van der Waals surface area contributed by atoms with Gasteiger partial charge in [0.2, 0.25) is 0 Å². The Morgan fingerprint density at radius 1 is 1.23 bits per heavy atom. The number of thiophene rings is 1. The molecule has 0 radical (unpaired) electrons. The van der Waals surface area contributed by atoms with Gasteiger partial charge >= 0.3 is 0 Å². The van der Waals surface area contributed by atoms with E-state index < -0.39 is 6.10 Å². The van der Waals surface area contributed by atoms with Crippen LogP contribution in [0.5, 0.6) is 0 Å². The number of aliphatic hydroxyl groups excluding tert-OH is 1. The summed E-state index contributed by atoms with van der Waals surface area (Å²) in [6.45, 7) is 4.87. The van der Waals surface area contributed by atoms with Gasteiger partial charge in [0.15, 0.2) is 5.78 Å². The van der Waals surface area contributed by atoms with Crippen LogP contribution in [0.3, 0.4) is 0 Å². The van der Waals surface area contributed by atoms with E-state index in [4.69, 9.17) is 4.74 Å². The fraction of sp³-hybridized carbons (Fsp3) is 0.400. The smallest absolute Gasteiger partial charge is 0.254 e. The third kappa shape index (κ3) is 3.72. The second-order valence-corrected chi connectivity index (χ2v) is 7.37. The van der Waals surface area contributed by atoms with Crippen molar-refractivity contribution < 1.29 is 19.4 Å². The lowest BCUT2D eigenvalue weighted by Gasteiger charge is -2.29. The normalized spacial score (nSPS) is 19.5. The van der Waals surface area contributed by atoms with Gasteiger partial charge in [0.1, 0.15) is 0 Å². The van der Waals surface area contributed by atoms with Gasteiger partial charge in [-0.25, -0.2) is 0 Å². The van der Waals surface area contributed by atoms with Crippen LogP contribution >= 0.6 is 11.3 Å². The van der Waals surface area contributed by atoms with Crippen LogP contribution in [0, 0.1) is 0 Å². The number of benzene rings is 1. The lowest BCUT2D eigenvalue weighted by molar-refractivity contribution is 0.0520. The standard InChI is InChI=1S/C20H23NO4S/c1-3-16(22)19-9-8-18(26-19)13-6-5-7-14(10-13)20(24)21(4-2)15-11-25-12-17(15)23/h5-10,15,17,23H,3-4,11-12H2,1-2H3/t15-,17-/m0/s1. The highest BCUT2D eigenvalue weighted by atomic mass is 32.1. The molecule has 5 nitrogen and oxygen atoms in total. The molecule has 0 saturated carbocycles. The number of ketones is 1. The Labute approximate surface area is 157 Å². The van der Waals surface area contributed by atoms with E-state index in [1.807, 2.05) is 44.2 Å². The molecule has 0 spiro atoms. The zero-order valence-corrected chi connectivity index (χ0v) is 15.8. The molecule has 0 unspecified atom stereocenters. The van der Waals surface area contributed by atoms with Crippen molar-refractivity contribution in [3.05, 3.63) is 46.8 Å². The fourth-order valence-corrected chi connectivity index (χ4v) is 4.16. The highest BCUT2D eigenvalue weighted by Gasteiger charge is 2.34. The minimum atomic E-state index is -0.651. The summed E-state index contributed by atoms with van der Waals surface area (Å²) in [7, 11) is 0. The maximum absolute atomic E-state index is 13.0. The highest BCUT2D eigenvalue weighted by Crippen LogP contribution is 2.30. The minimum absolute atomic E-state index is 0.120. The van der Waals surface area contributed by atoms with Crippen LogP contribution in [0.25, 0.3) is 10.4 Å². The van der Waals surface area contributed by atoms with Crippen molar-refractivity contribution in [1.29, 1.82) is 0 Å². The molecule has 1 fully saturated rings. The Bertz CT molecular complexity index is 801. The Balaban J connectivity index is 1.85. The summed E-state index contributed by atoms with van der Waals surface area (Å²) in [5.74, 6) is 0.00572. The first-order valence-electron chi connectivity index (χ1n) is 8.85. The van der Waals surface area contributed by atoms with Crippen molar-refractivity contribution >= 4 is 23.0 Å². The number of hydrogen-bond acceptors (Lipinski definition) is 5. The molecule has 2 aromatic rings. The first-order chi connectivity index (χ1) is 12.5. The zero-order chi connectivity index (χ0) is 18.7. The van der Waals surface area contributed by atoms with Gasteiger partial charge in [-0.1, -0.05) is 19.1 Å². The number of likely N-dealkylation sites (N-methyl/N-ethyl adjacent to an activating group) is 1. The predicted octanol–water partition coefficient (Wildman–Crippen LogP) is 3.23. The van der Waals surface area contributed by atoms with E-state index in [0.717, 1.165) is 15.3 Å². The number of hydrogen-bond donors (Lipinski definition) is 1. The Kier molecular flexibility index (Phi) is 5.86. The Morgan fingerprint density at radius 2 is 2.04 bits per heavy atom. The van der Waals surface area contributed by atoms with E-state index in [0.29, 0.717) is 25.1 Å². The first-order valence-corrected chi connectivity index (χ1v) is 9.67. The van der Waals surface area contributed by atoms with Gasteiger partial charge in [-0.2, -0.15) is 0 Å². The number of amides is 1. The molecule has 1 aromatic carbocycles. The molecule has 26 heavy (non-hydrogen) atoms. The summed E-state index contributed by atoms with van der Waals surface area (Å²) in [5.41, 5.74) is 1.48. The average Bonchev–Trinajstić information content (AvgIpc) is 3.32. The molecule has 6 heteroatoms. The number of nitrogens with zero attached hydrogens (tertiary/aromatic N) is 1. The van der Waals surface area contributed by atoms with Crippen LogP contribution in [-0.4, -0.2) is 53.6 Å². The van der Waals surface area contributed by atoms with E-state index in [2.05, 4.69) is 0 Å². The van der Waals surface area contributed by atoms with Crippen molar-refractivity contribution in [1.82, 2.24) is 4.90 Å². The number of carbonyl (C=O) groups is 2. The summed E-state index contributed by atoms with van der Waals surface area (Å²) < 4.78 is 5.29. The highest BCUT2D eigenvalue weighted by molar-refractivity contribution is 7.17. The topological polar surface area (TPSA) is 66.8 Å². The summed E-state index contributed by atoms with van der Waals surface area (Å²) in [6.07, 6.45) is -0.169. The molecular formula is C20H23NO4S. The SMILES string of the molecule is CCC(=O)c1ccc(-c2cccc(C(=O)N(CC)[C@H]3COC[C@@H]3O)c2)s1. The molecule has 2 atom stereocenters. The van der Waals surface area contributed by atoms with Gasteiger partial charge in [0.05, 0.1) is 30.2 Å². The van der Waals surface area contributed by atoms with Crippen LogP contribution in [0.2, 0.25) is 0 Å². The molecule has 1 saturated heterocycles. The molecule has 2 heterocycles. The minimum Gasteiger partial charge on any atom is -0.388 e. The van der Waals surface area contributed by atoms with Crippen LogP contribution in [-0.2, 0) is 4.74 Å². The van der Waals surface area contributed by atoms with Crippen molar-refractivity contribution in [2.45, 2.75) is 32.4 Å². The molecule has 1 aliphatic heterocycles. The number of Topliss-reactive ketones (excluding diaryl/α,β-unsaturated/α-hetero) is 1. The van der Waals surface area contributed by atoms with Crippen LogP contribution in [0.4, 0.5) is 0 Å². The molecule has 1 aliphatic rings. The number of ether oxygens (including phenoxy) is 1. The van der Waals surface area contributed by atoms with Crippen molar-refractivity contribution in [2.75, 3.05) is 19.8 Å². The maximum atomic E-state index is 13.0. The number of carbonyl (C=O) groups excluding carboxylic acids is 2. The molecule has 0 bridgehead atoms. The molecular weight excluding hydrogens is 350 g/mol. The largest absolute Gasteiger partial charge is 0.388 e. The monoisotopic (exact) mass is 373 g/mol. The van der Waals surface area contributed by atoms with Gasteiger partial charge in [-0.15, -0.1) is 11.3 Å². The molecule has 0 aliphatic carbocycles. The third-order valence-electron chi connectivity index (χ3n) is 4.62. The molecule has 1 N–H and O–H groups in total. The predicted molar refractivity (Wildman–Crippen MR) is 102 cm³/mol. The third-order valence-corrected chi connectivity index (χ3v) is 5.79. The van der Waals surface area contributed by atoms with Gasteiger partial charge in [-0.05, 0) is 36.8 Å². The van der Waals surface area contributed by atoms with Crippen molar-refractivity contribution in [3.8, 4) is 10.4 Å². The van der Waals surface area contributed by atoms with Gasteiger partial charge < -0.3 is 14.7 Å². The summed E-state index contributed by atoms with van der Waals surface area (Å²) in [5, 5.41) is 10.0. The van der Waals surface area contributed by atoms with Crippen molar-refractivity contribution in [2.24, 2.45) is 0 Å². The van der Waals surface area contributed by atoms with Crippen LogP contribution in [0.1, 0.15) is 40.3 Å². The Morgan fingerprint density at radius 3 is 2.69 bits per heavy atom. The van der Waals surface area contributed by atoms with E-state index in [1.54, 1.807) is 11.0 Å². The van der Waals surface area contributed by atoms with E-state index in [-0.39, 0.29) is 24.3 Å². The summed E-state index contributed by atoms with van der Waals surface area (Å²) >= 11 is 1.44. The van der Waals surface area contributed by atoms with Gasteiger partial charge in [0.25, 0.3) is 5.91 Å². The average molecular weight is 373 g/mol.